The SMILES string of the molecule is CC(C)CC[C@@H](CCNCc1ccc(F)cc1)c1ccc(OC(C)C)cc1. The molecule has 2 rings (SSSR count). The summed E-state index contributed by atoms with van der Waals surface area (Å²) in [5, 5.41) is 3.50. The van der Waals surface area contributed by atoms with Crippen molar-refractivity contribution in [2.24, 2.45) is 5.92 Å². The molecule has 148 valence electrons. The largest absolute Gasteiger partial charge is 0.491 e. The lowest BCUT2D eigenvalue weighted by Gasteiger charge is -2.20. The van der Waals surface area contributed by atoms with Crippen LogP contribution < -0.4 is 10.1 Å². The maximum absolute atomic E-state index is 13.0. The molecular weight excluding hydrogens is 337 g/mol. The summed E-state index contributed by atoms with van der Waals surface area (Å²) in [6.45, 7) is 10.4. The maximum Gasteiger partial charge on any atom is 0.123 e. The van der Waals surface area contributed by atoms with E-state index in [1.165, 1.54) is 30.5 Å². The maximum atomic E-state index is 13.0. The van der Waals surface area contributed by atoms with Crippen molar-refractivity contribution in [1.82, 2.24) is 5.32 Å². The van der Waals surface area contributed by atoms with Gasteiger partial charge in [0, 0.05) is 6.54 Å². The van der Waals surface area contributed by atoms with Gasteiger partial charge in [0.25, 0.3) is 0 Å². The highest BCUT2D eigenvalue weighted by Gasteiger charge is 2.13. The first-order valence-corrected chi connectivity index (χ1v) is 10.2. The summed E-state index contributed by atoms with van der Waals surface area (Å²) in [6.07, 6.45) is 3.72. The van der Waals surface area contributed by atoms with Gasteiger partial charge in [0.15, 0.2) is 0 Å². The Bertz CT molecular complexity index is 649. The summed E-state index contributed by atoms with van der Waals surface area (Å²) in [4.78, 5) is 0. The molecule has 0 aliphatic carbocycles. The zero-order valence-corrected chi connectivity index (χ0v) is 17.2. The first-order valence-electron chi connectivity index (χ1n) is 10.2. The first-order chi connectivity index (χ1) is 12.9. The Kier molecular flexibility index (Phi) is 8.80. The van der Waals surface area contributed by atoms with E-state index < -0.39 is 0 Å². The van der Waals surface area contributed by atoms with Crippen LogP contribution in [0.25, 0.3) is 0 Å². The normalized spacial score (nSPS) is 12.6. The molecule has 0 spiro atoms. The summed E-state index contributed by atoms with van der Waals surface area (Å²) in [5.74, 6) is 2.01. The highest BCUT2D eigenvalue weighted by Crippen LogP contribution is 2.28. The second-order valence-corrected chi connectivity index (χ2v) is 8.00. The van der Waals surface area contributed by atoms with Crippen molar-refractivity contribution in [3.05, 3.63) is 65.5 Å². The molecule has 0 aliphatic heterocycles. The van der Waals surface area contributed by atoms with E-state index in [0.29, 0.717) is 11.8 Å². The zero-order chi connectivity index (χ0) is 19.6. The number of ether oxygens (including phenoxy) is 1. The van der Waals surface area contributed by atoms with Crippen molar-refractivity contribution < 1.29 is 9.13 Å². The van der Waals surface area contributed by atoms with Crippen LogP contribution in [-0.2, 0) is 6.54 Å². The van der Waals surface area contributed by atoms with Crippen molar-refractivity contribution in [2.45, 2.75) is 65.5 Å². The molecule has 27 heavy (non-hydrogen) atoms. The van der Waals surface area contributed by atoms with Gasteiger partial charge >= 0.3 is 0 Å². The minimum absolute atomic E-state index is 0.183. The second-order valence-electron chi connectivity index (χ2n) is 8.00. The summed E-state index contributed by atoms with van der Waals surface area (Å²) in [5.41, 5.74) is 2.50. The fourth-order valence-corrected chi connectivity index (χ4v) is 3.21. The molecule has 0 fully saturated rings. The number of hydrogen-bond donors (Lipinski definition) is 1. The summed E-state index contributed by atoms with van der Waals surface area (Å²) in [6, 6.07) is 15.3. The number of halogens is 1. The third-order valence-corrected chi connectivity index (χ3v) is 4.73. The molecule has 0 unspecified atom stereocenters. The van der Waals surface area contributed by atoms with E-state index >= 15 is 0 Å². The molecule has 0 aromatic heterocycles. The molecular formula is C24H34FNO. The van der Waals surface area contributed by atoms with Gasteiger partial charge in [0.05, 0.1) is 6.10 Å². The van der Waals surface area contributed by atoms with Crippen LogP contribution in [-0.4, -0.2) is 12.6 Å². The molecule has 0 aliphatic rings. The smallest absolute Gasteiger partial charge is 0.123 e. The molecule has 3 heteroatoms. The lowest BCUT2D eigenvalue weighted by atomic mass is 9.88. The summed E-state index contributed by atoms with van der Waals surface area (Å²) >= 11 is 0. The van der Waals surface area contributed by atoms with Crippen LogP contribution in [0.2, 0.25) is 0 Å². The average molecular weight is 372 g/mol. The van der Waals surface area contributed by atoms with E-state index in [9.17, 15) is 4.39 Å². The van der Waals surface area contributed by atoms with E-state index in [2.05, 4.69) is 43.4 Å². The van der Waals surface area contributed by atoms with E-state index in [4.69, 9.17) is 4.74 Å². The van der Waals surface area contributed by atoms with Gasteiger partial charge in [-0.2, -0.15) is 0 Å². The highest BCUT2D eigenvalue weighted by molar-refractivity contribution is 5.29. The lowest BCUT2D eigenvalue weighted by molar-refractivity contribution is 0.242. The van der Waals surface area contributed by atoms with Crippen LogP contribution in [0, 0.1) is 11.7 Å². The Morgan fingerprint density at radius 1 is 0.852 bits per heavy atom. The van der Waals surface area contributed by atoms with E-state index in [0.717, 1.165) is 30.8 Å². The fraction of sp³-hybridized carbons (Fsp3) is 0.500. The van der Waals surface area contributed by atoms with Crippen LogP contribution in [0.1, 0.15) is 64.0 Å². The molecule has 1 atom stereocenters. The predicted octanol–water partition coefficient (Wildman–Crippen LogP) is 6.31. The van der Waals surface area contributed by atoms with E-state index in [-0.39, 0.29) is 11.9 Å². The van der Waals surface area contributed by atoms with E-state index in [1.807, 2.05) is 26.0 Å². The molecule has 0 saturated carbocycles. The summed E-state index contributed by atoms with van der Waals surface area (Å²) in [7, 11) is 0. The van der Waals surface area contributed by atoms with Crippen LogP contribution in [0.3, 0.4) is 0 Å². The van der Waals surface area contributed by atoms with Crippen molar-refractivity contribution in [1.29, 1.82) is 0 Å². The lowest BCUT2D eigenvalue weighted by Crippen LogP contribution is -2.17. The third kappa shape index (κ3) is 8.13. The number of rotatable bonds is 11. The Morgan fingerprint density at radius 2 is 1.52 bits per heavy atom. The Balaban J connectivity index is 1.89. The Hall–Kier alpha value is -1.87. The van der Waals surface area contributed by atoms with Gasteiger partial charge in [0.2, 0.25) is 0 Å². The summed E-state index contributed by atoms with van der Waals surface area (Å²) < 4.78 is 18.8. The zero-order valence-electron chi connectivity index (χ0n) is 17.2. The van der Waals surface area contributed by atoms with Gasteiger partial charge in [-0.25, -0.2) is 4.39 Å². The van der Waals surface area contributed by atoms with Gasteiger partial charge in [-0.1, -0.05) is 44.5 Å². The molecule has 2 aromatic rings. The molecule has 0 radical (unpaired) electrons. The molecule has 2 aromatic carbocycles. The quantitative estimate of drug-likeness (QED) is 0.467. The van der Waals surface area contributed by atoms with Crippen LogP contribution >= 0.6 is 0 Å². The van der Waals surface area contributed by atoms with Crippen molar-refractivity contribution in [2.75, 3.05) is 6.54 Å². The first kappa shape index (κ1) is 21.4. The van der Waals surface area contributed by atoms with Crippen LogP contribution in [0.15, 0.2) is 48.5 Å². The highest BCUT2D eigenvalue weighted by atomic mass is 19.1. The van der Waals surface area contributed by atoms with Gasteiger partial charge < -0.3 is 10.1 Å². The Labute approximate surface area is 164 Å². The number of hydrogen-bond acceptors (Lipinski definition) is 2. The predicted molar refractivity (Wildman–Crippen MR) is 112 cm³/mol. The van der Waals surface area contributed by atoms with Crippen LogP contribution in [0.5, 0.6) is 5.75 Å². The van der Waals surface area contributed by atoms with Crippen LogP contribution in [0.4, 0.5) is 4.39 Å². The third-order valence-electron chi connectivity index (χ3n) is 4.73. The Morgan fingerprint density at radius 3 is 2.11 bits per heavy atom. The van der Waals surface area contributed by atoms with Gasteiger partial charge in [-0.05, 0) is 80.5 Å². The average Bonchev–Trinajstić information content (AvgIpc) is 2.63. The van der Waals surface area contributed by atoms with Gasteiger partial charge in [-0.15, -0.1) is 0 Å². The minimum Gasteiger partial charge on any atom is -0.491 e. The topological polar surface area (TPSA) is 21.3 Å². The molecule has 0 bridgehead atoms. The van der Waals surface area contributed by atoms with Crippen molar-refractivity contribution in [3.8, 4) is 5.75 Å². The van der Waals surface area contributed by atoms with Gasteiger partial charge in [0.1, 0.15) is 11.6 Å². The monoisotopic (exact) mass is 371 g/mol. The molecule has 0 amide bonds. The molecule has 0 saturated heterocycles. The van der Waals surface area contributed by atoms with Crippen molar-refractivity contribution in [3.63, 3.8) is 0 Å². The fourth-order valence-electron chi connectivity index (χ4n) is 3.21. The molecule has 2 nitrogen and oxygen atoms in total. The number of benzene rings is 2. The van der Waals surface area contributed by atoms with Crippen molar-refractivity contribution >= 4 is 0 Å². The molecule has 0 heterocycles. The number of nitrogens with one attached hydrogen (secondary N) is 1. The van der Waals surface area contributed by atoms with E-state index in [1.54, 1.807) is 0 Å². The second kappa shape index (κ2) is 11.1. The standard InChI is InChI=1S/C24H34FNO/c1-18(2)5-8-22(21-9-13-24(14-10-21)27-19(3)4)15-16-26-17-20-6-11-23(25)12-7-20/h6-7,9-14,18-19,22,26H,5,8,15-17H2,1-4H3/t22-/m0/s1. The molecule has 1 N–H and O–H groups in total. The van der Waals surface area contributed by atoms with Gasteiger partial charge in [-0.3, -0.25) is 0 Å². The minimum atomic E-state index is -0.183.